The third kappa shape index (κ3) is 3530. The molecule has 0 atom stereocenters. The van der Waals surface area contributed by atoms with E-state index < -0.39 is 10.4 Å². The largest absolute Gasteiger partial charge is 1.00 e. The summed E-state index contributed by atoms with van der Waals surface area (Å²) in [6, 6.07) is 0. The standard InChI is InChI=1S/C4H12N.HI.H3N.H2O4S/c1-5(2,3)4;;;1-5(2,3)4/h1-4H3;1H;1H3;(H2,1,2,3,4)/q+1;;;/p-1. The summed E-state index contributed by atoms with van der Waals surface area (Å²) in [7, 11) is 3.58. The summed E-state index contributed by atoms with van der Waals surface area (Å²) in [6.07, 6.45) is 0. The second-order valence-corrected chi connectivity index (χ2v) is 3.97. The van der Waals surface area contributed by atoms with Crippen molar-refractivity contribution in [2.75, 3.05) is 28.2 Å². The Hall–Kier alpha value is 0.520. The van der Waals surface area contributed by atoms with E-state index in [0.717, 1.165) is 4.48 Å². The number of quaternary nitrogens is 2. The lowest BCUT2D eigenvalue weighted by molar-refractivity contribution is -0.849. The number of rotatable bonds is 0. The van der Waals surface area contributed by atoms with Gasteiger partial charge in [-0.2, -0.15) is 0 Å². The zero-order valence-electron chi connectivity index (χ0n) is 7.91. The van der Waals surface area contributed by atoms with Crippen molar-refractivity contribution < 1.29 is 46.0 Å². The van der Waals surface area contributed by atoms with Gasteiger partial charge >= 0.3 is 0 Å². The van der Waals surface area contributed by atoms with Crippen molar-refractivity contribution in [3.05, 3.63) is 0 Å². The number of halogens is 1. The molecule has 0 bridgehead atoms. The van der Waals surface area contributed by atoms with Gasteiger partial charge in [0.1, 0.15) is 0 Å². The van der Waals surface area contributed by atoms with Crippen LogP contribution in [0.25, 0.3) is 0 Å². The van der Waals surface area contributed by atoms with Gasteiger partial charge in [-0.1, -0.05) is 0 Å². The third-order valence-corrected chi connectivity index (χ3v) is 0. The van der Waals surface area contributed by atoms with Gasteiger partial charge in [-0.15, -0.1) is 0 Å². The molecule has 0 aromatic heterocycles. The summed E-state index contributed by atoms with van der Waals surface area (Å²) >= 11 is 0. The molecular weight excluding hydrogens is 299 g/mol. The Morgan fingerprint density at radius 3 is 1.17 bits per heavy atom. The minimum Gasteiger partial charge on any atom is -1.00 e. The van der Waals surface area contributed by atoms with Crippen LogP contribution in [-0.2, 0) is 10.4 Å². The highest BCUT2D eigenvalue weighted by Gasteiger charge is 1.88. The lowest BCUT2D eigenvalue weighted by Gasteiger charge is -2.14. The topological polar surface area (TPSA) is 114 Å². The van der Waals surface area contributed by atoms with Crippen LogP contribution in [-0.4, -0.2) is 50.2 Å². The van der Waals surface area contributed by atoms with Crippen molar-refractivity contribution in [2.45, 2.75) is 0 Å². The molecular formula is C4H17IN2O4S. The maximum Gasteiger partial charge on any atom is 0.215 e. The fourth-order valence-electron chi connectivity index (χ4n) is 0. The van der Waals surface area contributed by atoms with Crippen molar-refractivity contribution >= 4 is 10.4 Å². The molecule has 0 rings (SSSR count). The Bertz CT molecular complexity index is 160. The molecule has 0 aromatic carbocycles. The van der Waals surface area contributed by atoms with Gasteiger partial charge in [0.25, 0.3) is 0 Å². The van der Waals surface area contributed by atoms with E-state index in [1.807, 2.05) is 0 Å². The highest BCUT2D eigenvalue weighted by Crippen LogP contribution is 1.73. The van der Waals surface area contributed by atoms with Gasteiger partial charge in [0.05, 0.1) is 28.2 Å². The van der Waals surface area contributed by atoms with Crippen LogP contribution in [0.4, 0.5) is 0 Å². The van der Waals surface area contributed by atoms with Crippen LogP contribution in [0.15, 0.2) is 0 Å². The SMILES string of the molecule is C[N+](C)(C)C.O=S(=O)([O-])O.[I-].[NH4+]. The molecule has 5 N–H and O–H groups in total. The predicted octanol–water partition coefficient (Wildman–Crippen LogP) is -3.29. The van der Waals surface area contributed by atoms with E-state index in [9.17, 15) is 0 Å². The Labute approximate surface area is 90.7 Å². The maximum absolute atomic E-state index is 8.63. The van der Waals surface area contributed by atoms with E-state index in [-0.39, 0.29) is 30.1 Å². The molecule has 0 fully saturated rings. The summed E-state index contributed by atoms with van der Waals surface area (Å²) < 4.78 is 33.8. The monoisotopic (exact) mass is 316 g/mol. The van der Waals surface area contributed by atoms with E-state index in [2.05, 4.69) is 28.2 Å². The second kappa shape index (κ2) is 8.13. The van der Waals surface area contributed by atoms with E-state index in [4.69, 9.17) is 17.5 Å². The molecule has 8 heteroatoms. The van der Waals surface area contributed by atoms with Gasteiger partial charge < -0.3 is 39.2 Å². The lowest BCUT2D eigenvalue weighted by atomic mass is 10.8. The van der Waals surface area contributed by atoms with Crippen LogP contribution in [0.1, 0.15) is 0 Å². The van der Waals surface area contributed by atoms with Crippen molar-refractivity contribution in [3.8, 4) is 0 Å². The minimum absolute atomic E-state index is 0. The highest BCUT2D eigenvalue weighted by atomic mass is 127. The summed E-state index contributed by atoms with van der Waals surface area (Å²) in [6.45, 7) is 0. The smallest absolute Gasteiger partial charge is 0.215 e. The van der Waals surface area contributed by atoms with Crippen LogP contribution < -0.4 is 30.1 Å². The van der Waals surface area contributed by atoms with Crippen molar-refractivity contribution in [2.24, 2.45) is 0 Å². The van der Waals surface area contributed by atoms with E-state index >= 15 is 0 Å². The van der Waals surface area contributed by atoms with Gasteiger partial charge in [0.15, 0.2) is 0 Å². The summed E-state index contributed by atoms with van der Waals surface area (Å²) in [5.74, 6) is 0. The van der Waals surface area contributed by atoms with Crippen LogP contribution >= 0.6 is 0 Å². The molecule has 0 radical (unpaired) electrons. The van der Waals surface area contributed by atoms with Crippen molar-refractivity contribution in [1.82, 2.24) is 6.15 Å². The average molecular weight is 316 g/mol. The third-order valence-electron chi connectivity index (χ3n) is 0. The Balaban J connectivity index is -0.0000000457. The molecule has 0 aliphatic carbocycles. The molecule has 0 heterocycles. The first-order valence-electron chi connectivity index (χ1n) is 2.47. The summed E-state index contributed by atoms with van der Waals surface area (Å²) in [4.78, 5) is 0. The number of nitrogens with zero attached hydrogens (tertiary/aromatic N) is 1. The van der Waals surface area contributed by atoms with Crippen LogP contribution in [0.2, 0.25) is 0 Å². The Morgan fingerprint density at radius 2 is 1.17 bits per heavy atom. The zero-order chi connectivity index (χ0) is 9.00. The first-order valence-corrected chi connectivity index (χ1v) is 3.84. The van der Waals surface area contributed by atoms with Crippen molar-refractivity contribution in [3.63, 3.8) is 0 Å². The minimum atomic E-state index is -4.92. The van der Waals surface area contributed by atoms with Crippen LogP contribution in [0, 0.1) is 0 Å². The molecule has 0 unspecified atom stereocenters. The van der Waals surface area contributed by atoms with Gasteiger partial charge in [0, 0.05) is 0 Å². The normalized spacial score (nSPS) is 9.83. The summed E-state index contributed by atoms with van der Waals surface area (Å²) in [5.41, 5.74) is 0. The zero-order valence-corrected chi connectivity index (χ0v) is 10.9. The van der Waals surface area contributed by atoms with Gasteiger partial charge in [-0.25, -0.2) is 8.42 Å². The molecule has 0 aliphatic heterocycles. The molecule has 0 spiro atoms. The predicted molar refractivity (Wildman–Crippen MR) is 42.3 cm³/mol. The highest BCUT2D eigenvalue weighted by molar-refractivity contribution is 7.79. The molecule has 0 saturated carbocycles. The van der Waals surface area contributed by atoms with Gasteiger partial charge in [-0.05, 0) is 0 Å². The molecule has 0 aromatic rings. The van der Waals surface area contributed by atoms with Crippen LogP contribution in [0.5, 0.6) is 0 Å². The average Bonchev–Trinajstić information content (AvgIpc) is 1.12. The van der Waals surface area contributed by atoms with Gasteiger partial charge in [0.2, 0.25) is 10.4 Å². The van der Waals surface area contributed by atoms with Crippen molar-refractivity contribution in [1.29, 1.82) is 0 Å². The first kappa shape index (κ1) is 22.9. The first-order chi connectivity index (χ1) is 4.00. The molecule has 0 saturated heterocycles. The number of hydrogen-bond acceptors (Lipinski definition) is 3. The van der Waals surface area contributed by atoms with E-state index in [0.29, 0.717) is 0 Å². The summed E-state index contributed by atoms with van der Waals surface area (Å²) in [5, 5.41) is 0. The van der Waals surface area contributed by atoms with Crippen LogP contribution in [0.3, 0.4) is 0 Å². The number of hydrogen-bond donors (Lipinski definition) is 2. The molecule has 80 valence electrons. The maximum atomic E-state index is 8.63. The van der Waals surface area contributed by atoms with Gasteiger partial charge in [-0.3, -0.25) is 4.55 Å². The lowest BCUT2D eigenvalue weighted by Crippen LogP contribution is -3.00. The quantitative estimate of drug-likeness (QED) is 0.211. The second-order valence-electron chi connectivity index (χ2n) is 3.11. The van der Waals surface area contributed by atoms with E-state index in [1.165, 1.54) is 0 Å². The fraction of sp³-hybridized carbons (Fsp3) is 1.00. The molecule has 12 heavy (non-hydrogen) atoms. The fourth-order valence-corrected chi connectivity index (χ4v) is 0. The molecule has 6 nitrogen and oxygen atoms in total. The Morgan fingerprint density at radius 1 is 1.17 bits per heavy atom. The molecule has 0 amide bonds. The van der Waals surface area contributed by atoms with E-state index in [1.54, 1.807) is 0 Å². The molecule has 0 aliphatic rings. The Kier molecular flexibility index (Phi) is 15.5.